The van der Waals surface area contributed by atoms with Crippen LogP contribution in [0, 0.1) is 5.82 Å². The predicted molar refractivity (Wildman–Crippen MR) is 103 cm³/mol. The van der Waals surface area contributed by atoms with E-state index in [9.17, 15) is 4.39 Å². The minimum atomic E-state index is -0.193. The number of halogens is 1. The van der Waals surface area contributed by atoms with Gasteiger partial charge in [0, 0.05) is 62.8 Å². The fourth-order valence-corrected chi connectivity index (χ4v) is 3.58. The van der Waals surface area contributed by atoms with Gasteiger partial charge >= 0.3 is 0 Å². The normalized spacial score (nSPS) is 16.7. The fourth-order valence-electron chi connectivity index (χ4n) is 3.58. The van der Waals surface area contributed by atoms with Gasteiger partial charge in [-0.2, -0.15) is 0 Å². The summed E-state index contributed by atoms with van der Waals surface area (Å²) in [7, 11) is 0. The zero-order valence-corrected chi connectivity index (χ0v) is 15.9. The molecule has 0 spiro atoms. The SMILES string of the molecule is CC(C)(CCc1ccccn1)N1CCN(CCc2ncccc2F)CC1. The first-order chi connectivity index (χ1) is 12.5. The van der Waals surface area contributed by atoms with Crippen LogP contribution in [0.15, 0.2) is 42.7 Å². The van der Waals surface area contributed by atoms with Crippen LogP contribution in [0.4, 0.5) is 4.39 Å². The highest BCUT2D eigenvalue weighted by atomic mass is 19.1. The zero-order chi connectivity index (χ0) is 18.4. The Bertz CT molecular complexity index is 681. The minimum absolute atomic E-state index is 0.163. The van der Waals surface area contributed by atoms with Crippen LogP contribution in [0.1, 0.15) is 31.7 Å². The molecule has 0 N–H and O–H groups in total. The van der Waals surface area contributed by atoms with Crippen molar-refractivity contribution in [2.24, 2.45) is 0 Å². The molecule has 2 aromatic rings. The summed E-state index contributed by atoms with van der Waals surface area (Å²) in [6.45, 7) is 9.70. The minimum Gasteiger partial charge on any atom is -0.300 e. The Hall–Kier alpha value is -1.85. The molecule has 0 bridgehead atoms. The fraction of sp³-hybridized carbons (Fsp3) is 0.524. The van der Waals surface area contributed by atoms with Crippen molar-refractivity contribution in [1.29, 1.82) is 0 Å². The smallest absolute Gasteiger partial charge is 0.144 e. The highest BCUT2D eigenvalue weighted by molar-refractivity contribution is 5.07. The molecule has 1 fully saturated rings. The Kier molecular flexibility index (Phi) is 6.33. The molecule has 2 aromatic heterocycles. The van der Waals surface area contributed by atoms with Gasteiger partial charge in [0.25, 0.3) is 0 Å². The standard InChI is InChI=1S/C21H29FN4/c1-21(2,10-8-18-6-3-4-11-23-18)26-16-14-25(15-17-26)13-9-20-19(22)7-5-12-24-20/h3-7,11-12H,8-10,13-17H2,1-2H3. The van der Waals surface area contributed by atoms with E-state index in [2.05, 4.69) is 45.7 Å². The average Bonchev–Trinajstić information content (AvgIpc) is 2.67. The van der Waals surface area contributed by atoms with Gasteiger partial charge in [-0.3, -0.25) is 14.9 Å². The number of hydrogen-bond acceptors (Lipinski definition) is 4. The van der Waals surface area contributed by atoms with E-state index in [0.29, 0.717) is 12.1 Å². The first kappa shape index (κ1) is 18.9. The van der Waals surface area contributed by atoms with Crippen molar-refractivity contribution in [3.63, 3.8) is 0 Å². The van der Waals surface area contributed by atoms with Crippen LogP contribution >= 0.6 is 0 Å². The number of piperazine rings is 1. The molecular formula is C21H29FN4. The summed E-state index contributed by atoms with van der Waals surface area (Å²) < 4.78 is 13.7. The molecular weight excluding hydrogens is 327 g/mol. The van der Waals surface area contributed by atoms with Crippen LogP contribution < -0.4 is 0 Å². The van der Waals surface area contributed by atoms with Crippen LogP contribution in [0.25, 0.3) is 0 Å². The van der Waals surface area contributed by atoms with Gasteiger partial charge < -0.3 is 4.90 Å². The molecule has 1 saturated heterocycles. The number of pyridine rings is 2. The summed E-state index contributed by atoms with van der Waals surface area (Å²) in [5.74, 6) is -0.193. The van der Waals surface area contributed by atoms with E-state index in [1.54, 1.807) is 12.3 Å². The number of aryl methyl sites for hydroxylation is 1. The second-order valence-electron chi connectivity index (χ2n) is 7.64. The average molecular weight is 356 g/mol. The Morgan fingerprint density at radius 1 is 0.962 bits per heavy atom. The Morgan fingerprint density at radius 2 is 1.73 bits per heavy atom. The van der Waals surface area contributed by atoms with Crippen LogP contribution in [0.5, 0.6) is 0 Å². The first-order valence-corrected chi connectivity index (χ1v) is 9.51. The van der Waals surface area contributed by atoms with Gasteiger partial charge in [-0.15, -0.1) is 0 Å². The maximum absolute atomic E-state index is 13.7. The van der Waals surface area contributed by atoms with Crippen molar-refractivity contribution in [2.75, 3.05) is 32.7 Å². The van der Waals surface area contributed by atoms with E-state index >= 15 is 0 Å². The molecule has 3 rings (SSSR count). The molecule has 140 valence electrons. The number of hydrogen-bond donors (Lipinski definition) is 0. The highest BCUT2D eigenvalue weighted by Gasteiger charge is 2.29. The van der Waals surface area contributed by atoms with Crippen molar-refractivity contribution in [3.05, 3.63) is 59.9 Å². The molecule has 1 aliphatic rings. The summed E-state index contributed by atoms with van der Waals surface area (Å²) in [5.41, 5.74) is 1.90. The second-order valence-corrected chi connectivity index (χ2v) is 7.64. The zero-order valence-electron chi connectivity index (χ0n) is 15.9. The summed E-state index contributed by atoms with van der Waals surface area (Å²) >= 11 is 0. The van der Waals surface area contributed by atoms with Gasteiger partial charge in [0.1, 0.15) is 5.82 Å². The monoisotopic (exact) mass is 356 g/mol. The van der Waals surface area contributed by atoms with Gasteiger partial charge in [0.15, 0.2) is 0 Å². The number of aromatic nitrogens is 2. The molecule has 26 heavy (non-hydrogen) atoms. The van der Waals surface area contributed by atoms with Crippen LogP contribution in [-0.2, 0) is 12.8 Å². The van der Waals surface area contributed by atoms with E-state index in [1.807, 2.05) is 12.3 Å². The molecule has 0 radical (unpaired) electrons. The summed E-state index contributed by atoms with van der Waals surface area (Å²) in [5, 5.41) is 0. The summed E-state index contributed by atoms with van der Waals surface area (Å²) in [6, 6.07) is 9.25. The van der Waals surface area contributed by atoms with E-state index in [1.165, 1.54) is 6.07 Å². The Morgan fingerprint density at radius 3 is 2.42 bits per heavy atom. The summed E-state index contributed by atoms with van der Waals surface area (Å²) in [4.78, 5) is 13.6. The lowest BCUT2D eigenvalue weighted by Gasteiger charge is -2.44. The maximum Gasteiger partial charge on any atom is 0.144 e. The molecule has 0 amide bonds. The lowest BCUT2D eigenvalue weighted by Crippen LogP contribution is -2.55. The Labute approximate surface area is 156 Å². The van der Waals surface area contributed by atoms with E-state index in [0.717, 1.165) is 51.3 Å². The van der Waals surface area contributed by atoms with Gasteiger partial charge in [0.2, 0.25) is 0 Å². The van der Waals surface area contributed by atoms with Crippen molar-refractivity contribution in [3.8, 4) is 0 Å². The van der Waals surface area contributed by atoms with Crippen molar-refractivity contribution in [1.82, 2.24) is 19.8 Å². The molecule has 5 heteroatoms. The van der Waals surface area contributed by atoms with Gasteiger partial charge in [-0.1, -0.05) is 6.07 Å². The molecule has 0 atom stereocenters. The van der Waals surface area contributed by atoms with E-state index < -0.39 is 0 Å². The topological polar surface area (TPSA) is 32.3 Å². The molecule has 0 aromatic carbocycles. The molecule has 1 aliphatic heterocycles. The van der Waals surface area contributed by atoms with Crippen LogP contribution in [-0.4, -0.2) is 58.0 Å². The van der Waals surface area contributed by atoms with E-state index in [-0.39, 0.29) is 11.4 Å². The van der Waals surface area contributed by atoms with Crippen LogP contribution in [0.3, 0.4) is 0 Å². The third-order valence-corrected chi connectivity index (χ3v) is 5.45. The third-order valence-electron chi connectivity index (χ3n) is 5.45. The lowest BCUT2D eigenvalue weighted by atomic mass is 9.94. The summed E-state index contributed by atoms with van der Waals surface area (Å²) in [6.07, 6.45) is 6.32. The second kappa shape index (κ2) is 8.69. The van der Waals surface area contributed by atoms with Crippen molar-refractivity contribution < 1.29 is 4.39 Å². The van der Waals surface area contributed by atoms with Crippen molar-refractivity contribution in [2.45, 2.75) is 38.6 Å². The van der Waals surface area contributed by atoms with Crippen LogP contribution in [0.2, 0.25) is 0 Å². The number of rotatable bonds is 7. The molecule has 4 nitrogen and oxygen atoms in total. The highest BCUT2D eigenvalue weighted by Crippen LogP contribution is 2.22. The van der Waals surface area contributed by atoms with Crippen molar-refractivity contribution >= 4 is 0 Å². The molecule has 0 saturated carbocycles. The molecule has 0 unspecified atom stereocenters. The third kappa shape index (κ3) is 5.08. The largest absolute Gasteiger partial charge is 0.300 e. The molecule has 3 heterocycles. The lowest BCUT2D eigenvalue weighted by molar-refractivity contribution is 0.0476. The Balaban J connectivity index is 1.44. The first-order valence-electron chi connectivity index (χ1n) is 9.51. The van der Waals surface area contributed by atoms with Gasteiger partial charge in [0.05, 0.1) is 5.69 Å². The van der Waals surface area contributed by atoms with Gasteiger partial charge in [-0.05, 0) is 51.0 Å². The van der Waals surface area contributed by atoms with E-state index in [4.69, 9.17) is 0 Å². The molecule has 0 aliphatic carbocycles. The maximum atomic E-state index is 13.7. The quantitative estimate of drug-likeness (QED) is 0.763. The van der Waals surface area contributed by atoms with Gasteiger partial charge in [-0.25, -0.2) is 4.39 Å². The number of nitrogens with zero attached hydrogens (tertiary/aromatic N) is 4. The predicted octanol–water partition coefficient (Wildman–Crippen LogP) is 3.19.